The zero-order valence-electron chi connectivity index (χ0n) is 102. The maximum Gasteiger partial charge on any atom is 0.416 e. The van der Waals surface area contributed by atoms with Gasteiger partial charge in [-0.05, 0) is 139 Å². The summed E-state index contributed by atoms with van der Waals surface area (Å²) in [5.41, 5.74) is -15.5. The number of ether oxygens (including phenoxy) is 2. The van der Waals surface area contributed by atoms with E-state index >= 15 is 14.0 Å². The van der Waals surface area contributed by atoms with E-state index in [9.17, 15) is 72.4 Å². The first-order chi connectivity index (χ1) is 69.5. The van der Waals surface area contributed by atoms with Crippen LogP contribution in [-0.4, -0.2) is 119 Å². The number of hydrogen-bond acceptors (Lipinski definition) is 10. The van der Waals surface area contributed by atoms with E-state index in [1.165, 1.54) is 30.3 Å². The molecule has 4 heterocycles. The van der Waals surface area contributed by atoms with Gasteiger partial charge in [0.1, 0.15) is 13.0 Å². The predicted octanol–water partition coefficient (Wildman–Crippen LogP) is 17.7. The molecular formula is C82H80F10N6O6S2. The van der Waals surface area contributed by atoms with Crippen molar-refractivity contribution in [2.24, 2.45) is 0 Å². The van der Waals surface area contributed by atoms with E-state index in [1.54, 1.807) is 0 Å². The number of halogens is 10. The Hall–Kier alpha value is -9.04. The summed E-state index contributed by atoms with van der Waals surface area (Å²) in [5, 5.41) is -3.80. The summed E-state index contributed by atoms with van der Waals surface area (Å²) in [5.74, 6) is -14.1. The Balaban J connectivity index is 0.000000297. The van der Waals surface area contributed by atoms with E-state index in [1.807, 2.05) is 0 Å². The molecule has 2 amide bonds. The van der Waals surface area contributed by atoms with Crippen molar-refractivity contribution in [1.82, 2.24) is 28.7 Å². The van der Waals surface area contributed by atoms with Gasteiger partial charge in [-0.2, -0.15) is 26.3 Å². The number of para-hydroxylation sites is 2. The number of carbonyl (C=O) groups excluding carboxylic acids is 2. The molecule has 1 atom stereocenters. The minimum Gasteiger partial charge on any atom is -0.383 e. The van der Waals surface area contributed by atoms with Gasteiger partial charge in [0, 0.05) is 145 Å². The molecule has 12 nitrogen and oxygen atoms in total. The van der Waals surface area contributed by atoms with Crippen LogP contribution in [0.25, 0.3) is 44.1 Å². The van der Waals surface area contributed by atoms with Crippen LogP contribution in [-0.2, 0) is 62.4 Å². The Bertz CT molecular complexity index is 7330. The molecule has 0 aliphatic carbocycles. The van der Waals surface area contributed by atoms with Crippen LogP contribution in [0.15, 0.2) is 207 Å². The molecule has 0 radical (unpaired) electrons. The third kappa shape index (κ3) is 19.0. The molecule has 0 N–H and O–H groups in total. The lowest BCUT2D eigenvalue weighted by molar-refractivity contribution is -0.138. The SMILES string of the molecule is [2H]C(C)(c1ccc(-c2ccc(C(F)(F)F)cc2)cc1)N(C(=O)C([2H])([2H])n1c(SCc2cccc(F)c2F)cc(=O)c2ccccc21)C1([2H])C([2H])([2H])C([2H])([2H])N(C([2H])([2H])C([2H])([2H])OC)C([2H])([2H])C1([2H])[2H].[2H]c1c([2H])c(F)c(F)c(CSc2c([2H])c(=O)c3c([2H])c([2H])c([2H])c([2H])c3n2C([2H])([2H])C(=O)N(C([2H])([2H])c2c([2H])c([2H])c(-c3c([2H])c([2H])c(C(F)(F)F)c([2H])c3[2H])c([2H])c2C)C2([2H])C([2H])([2H])C([2H])([2H])N(C([2H])([2H])C([2H])([2H])OC)C([2H])([2H])C2([2H])[2H])c1[2H]. The second-order valence-corrected chi connectivity index (χ2v) is 23.3. The summed E-state index contributed by atoms with van der Waals surface area (Å²) in [4.78, 5) is 55.8. The number of nitrogens with zero attached hydrogens (tertiary/aromatic N) is 6. The number of likely N-dealkylation sites (tertiary alicyclic amines) is 2. The lowest BCUT2D eigenvalue weighted by Gasteiger charge is -2.42. The van der Waals surface area contributed by atoms with Crippen molar-refractivity contribution in [1.29, 1.82) is 0 Å². The summed E-state index contributed by atoms with van der Waals surface area (Å²) in [6, 6.07) is -20.0. The topological polar surface area (TPSA) is 110 Å². The number of rotatable bonds is 24. The lowest BCUT2D eigenvalue weighted by Crippen LogP contribution is -2.49. The van der Waals surface area contributed by atoms with Gasteiger partial charge in [-0.3, -0.25) is 19.2 Å². The van der Waals surface area contributed by atoms with Gasteiger partial charge < -0.3 is 38.2 Å². The number of piperidine rings is 2. The van der Waals surface area contributed by atoms with Crippen LogP contribution >= 0.6 is 23.5 Å². The van der Waals surface area contributed by atoms with Crippen LogP contribution in [0, 0.1) is 30.2 Å². The first-order valence-electron chi connectivity index (χ1n) is 53.9. The summed E-state index contributed by atoms with van der Waals surface area (Å²) in [7, 11) is 1.00. The van der Waals surface area contributed by atoms with Crippen molar-refractivity contribution in [3.05, 3.63) is 270 Å². The van der Waals surface area contributed by atoms with Gasteiger partial charge >= 0.3 is 12.4 Å². The molecule has 8 aromatic carbocycles. The number of carbonyl (C=O) groups is 2. The second-order valence-electron chi connectivity index (χ2n) is 21.3. The van der Waals surface area contributed by atoms with Crippen molar-refractivity contribution in [3.63, 3.8) is 0 Å². The van der Waals surface area contributed by atoms with Gasteiger partial charge in [0.05, 0.1) is 89.7 Å². The van der Waals surface area contributed by atoms with E-state index in [-0.39, 0.29) is 33.8 Å². The van der Waals surface area contributed by atoms with Gasteiger partial charge in [0.15, 0.2) is 34.1 Å². The highest BCUT2D eigenvalue weighted by atomic mass is 32.2. The summed E-state index contributed by atoms with van der Waals surface area (Å²) < 4.78 is 579. The maximum atomic E-state index is 16.1. The average molecular weight is 1550 g/mol. The molecule has 2 fully saturated rings. The molecule has 2 aliphatic heterocycles. The van der Waals surface area contributed by atoms with Crippen LogP contribution in [0.1, 0.15) is 143 Å². The molecule has 0 spiro atoms. The average Bonchev–Trinajstić information content (AvgIpc) is 0.651. The van der Waals surface area contributed by atoms with E-state index in [4.69, 9.17) is 42.5 Å². The lowest BCUT2D eigenvalue weighted by atomic mass is 9.96. The van der Waals surface area contributed by atoms with Gasteiger partial charge in [0.2, 0.25) is 11.8 Å². The summed E-state index contributed by atoms with van der Waals surface area (Å²) in [6.45, 7) is -47.9. The smallest absolute Gasteiger partial charge is 0.383 e. The number of aromatic nitrogens is 2. The number of methoxy groups -OCH3 is 2. The van der Waals surface area contributed by atoms with E-state index in [2.05, 4.69) is 9.47 Å². The molecule has 0 bridgehead atoms. The molecule has 2 aromatic heterocycles. The van der Waals surface area contributed by atoms with Crippen LogP contribution in [0.5, 0.6) is 0 Å². The maximum absolute atomic E-state index is 16.1. The molecule has 2 saturated heterocycles. The van der Waals surface area contributed by atoms with Crippen LogP contribution in [0.3, 0.4) is 0 Å². The molecule has 556 valence electrons. The highest BCUT2D eigenvalue weighted by Crippen LogP contribution is 2.37. The molecule has 2 aliphatic rings. The highest BCUT2D eigenvalue weighted by Gasteiger charge is 2.35. The van der Waals surface area contributed by atoms with E-state index in [0.29, 0.717) is 44.4 Å². The van der Waals surface area contributed by atoms with E-state index in [0.717, 1.165) is 66.7 Å². The van der Waals surface area contributed by atoms with Gasteiger partial charge in [0.25, 0.3) is 0 Å². The Kier molecular flexibility index (Phi) is 12.3. The first kappa shape index (κ1) is 37.2. The Morgan fingerprint density at radius 3 is 1.81 bits per heavy atom. The van der Waals surface area contributed by atoms with Crippen molar-refractivity contribution >= 4 is 57.1 Å². The minimum absolute atomic E-state index is 0.162. The molecule has 10 aromatic rings. The van der Waals surface area contributed by atoms with Crippen molar-refractivity contribution in [2.45, 2.75) is 111 Å². The third-order valence-corrected chi connectivity index (χ3v) is 16.6. The molecule has 106 heavy (non-hydrogen) atoms. The number of pyridine rings is 2. The number of amides is 2. The summed E-state index contributed by atoms with van der Waals surface area (Å²) in [6.07, 6.45) is -29.8. The quantitative estimate of drug-likeness (QED) is 0.0428. The molecule has 0 saturated carbocycles. The largest absolute Gasteiger partial charge is 0.416 e. The molecule has 24 heteroatoms. The van der Waals surface area contributed by atoms with E-state index < -0.39 is 371 Å². The van der Waals surface area contributed by atoms with Gasteiger partial charge in [-0.15, -0.1) is 23.5 Å². The highest BCUT2D eigenvalue weighted by molar-refractivity contribution is 7.98. The Morgan fingerprint density at radius 1 is 0.585 bits per heavy atom. The normalized spacial score (nSPS) is 26.7. The van der Waals surface area contributed by atoms with Crippen LogP contribution in [0.4, 0.5) is 43.9 Å². The molecular weight excluding hydrogens is 1420 g/mol. The number of hydrogen-bond donors (Lipinski definition) is 0. The van der Waals surface area contributed by atoms with Crippen molar-refractivity contribution in [3.8, 4) is 22.3 Å². The minimum atomic E-state index is -5.60. The third-order valence-electron chi connectivity index (χ3n) is 14.5. The molecule has 12 rings (SSSR count). The number of fused-ring (bicyclic) bond motifs is 2. The fourth-order valence-electron chi connectivity index (χ4n) is 9.39. The second kappa shape index (κ2) is 35.1. The Labute approximate surface area is 684 Å². The number of benzene rings is 8. The summed E-state index contributed by atoms with van der Waals surface area (Å²) >= 11 is 0.165. The molecule has 1 unspecified atom stereocenters. The van der Waals surface area contributed by atoms with Crippen LogP contribution in [0.2, 0.25) is 0 Å². The monoisotopic (exact) mass is 1550 g/mol. The van der Waals surface area contributed by atoms with Gasteiger partial charge in [-0.1, -0.05) is 115 Å². The fourth-order valence-corrected chi connectivity index (χ4v) is 11.3. The zero-order chi connectivity index (χ0) is 118. The first-order valence-corrected chi connectivity index (χ1v) is 31.9. The zero-order valence-corrected chi connectivity index (χ0v) is 56.0. The number of thioether (sulfide) groups is 2. The van der Waals surface area contributed by atoms with Crippen molar-refractivity contribution in [2.75, 3.05) is 66.3 Å². The standard InChI is InChI=1S/2C41H40F5N3O3S/c1-27(28-10-12-29(13-11-28)30-14-16-32(17-15-30)41(44,45)46)49(33-18-20-47(21-19-33)22-23-52-2)38(51)25-48-36-9-4-3-7-34(36)37(50)24-39(48)53-26-31-6-5-8-35(42)40(31)43;1-27-22-29(28-12-14-32(15-13-28)41(44,45)46)10-11-30(27)24-48(33-16-18-47(19-17-33)20-21-52-2)38(51)25-49-36-9-4-3-7-34(36)37(50)23-39(49)53-26-31-6-5-8-35(42)40(31)43/h3-17,24,27,33H,18-23,25-26H2,1-2H3;3-15,22-23,33H,16-21,24-26H2,1-2H3/i18D2,19D2,20D2,21D2,22D2,23D2,25D2,27D,33D;3D,4D,5D,6D,7D,8D,9D,10D,11D,12D,13D,14D,15D,16D2,17D2,18D2,19D2,20D2,21D2,22D,23D,24D2,25D2,33D. The Morgan fingerprint density at radius 2 is 1.16 bits per heavy atom. The predicted molar refractivity (Wildman–Crippen MR) is 395 cm³/mol. The fraction of sp³-hybridized carbons (Fsp3) is 0.317. The van der Waals surface area contributed by atoms with Crippen LogP contribution < -0.4 is 10.9 Å². The van der Waals surface area contributed by atoms with Gasteiger partial charge in [-0.25, -0.2) is 17.6 Å². The number of alkyl halides is 6. The van der Waals surface area contributed by atoms with Crippen molar-refractivity contribution < 1.29 is 129 Å².